The third kappa shape index (κ3) is 4.29. The monoisotopic (exact) mass is 625 g/mol. The van der Waals surface area contributed by atoms with Crippen molar-refractivity contribution in [1.82, 2.24) is 9.29 Å². The maximum Gasteiger partial charge on any atom is 0.418 e. The van der Waals surface area contributed by atoms with Crippen LogP contribution in [0.1, 0.15) is 5.56 Å². The highest BCUT2D eigenvalue weighted by Gasteiger charge is 2.46. The molecule has 184 valence electrons. The predicted octanol–water partition coefficient (Wildman–Crippen LogP) is 4.13. The Balaban J connectivity index is 1.85. The van der Waals surface area contributed by atoms with Crippen LogP contribution in [0.5, 0.6) is 0 Å². The van der Waals surface area contributed by atoms with Crippen molar-refractivity contribution in [3.05, 3.63) is 52.3 Å². The van der Waals surface area contributed by atoms with E-state index in [-0.39, 0.29) is 27.4 Å². The fourth-order valence-electron chi connectivity index (χ4n) is 4.32. The summed E-state index contributed by atoms with van der Waals surface area (Å²) >= 11 is 6.60. The number of aromatic nitrogens is 1. The van der Waals surface area contributed by atoms with Crippen LogP contribution in [0.25, 0.3) is 0 Å². The molecular weight excluding hydrogens is 607 g/mol. The van der Waals surface area contributed by atoms with Crippen molar-refractivity contribution in [2.45, 2.75) is 11.1 Å². The first-order valence-corrected chi connectivity index (χ1v) is 14.0. The van der Waals surface area contributed by atoms with Gasteiger partial charge in [-0.15, -0.1) is 0 Å². The number of fused-ring (bicyclic) bond motifs is 1. The van der Waals surface area contributed by atoms with E-state index in [1.165, 1.54) is 4.90 Å². The standard InChI is InChI=1S/C20H20Br2F3N5O3S/c21-3-6-29-18(13-22)34(33,28-9-7-27(8-10-28)14-1-4-26-5-2-14)17-12-15(30(31)32)11-16(19(17)29)20(23,24)25/h1-2,4-5,11-12H,3,6-10,13H2. The van der Waals surface area contributed by atoms with Crippen LogP contribution in [0.2, 0.25) is 0 Å². The van der Waals surface area contributed by atoms with Crippen LogP contribution in [-0.4, -0.2) is 66.8 Å². The van der Waals surface area contributed by atoms with Gasteiger partial charge in [-0.05, 0) is 12.1 Å². The third-order valence-corrected chi connectivity index (χ3v) is 10.1. The number of hydrogen-bond acceptors (Lipinski definition) is 6. The van der Waals surface area contributed by atoms with E-state index in [0.29, 0.717) is 37.6 Å². The summed E-state index contributed by atoms with van der Waals surface area (Å²) in [6.07, 6.45) is -1.52. The summed E-state index contributed by atoms with van der Waals surface area (Å²) in [4.78, 5) is 18.2. The van der Waals surface area contributed by atoms with Gasteiger partial charge in [0, 0.05) is 68.3 Å². The van der Waals surface area contributed by atoms with Crippen LogP contribution >= 0.6 is 31.9 Å². The number of nitro groups is 1. The normalized spacial score (nSPS) is 21.1. The molecule has 2 aliphatic heterocycles. The van der Waals surface area contributed by atoms with Crippen LogP contribution in [0, 0.1) is 10.1 Å². The van der Waals surface area contributed by atoms with Gasteiger partial charge in [-0.3, -0.25) is 15.1 Å². The number of hydrogen-bond donors (Lipinski definition) is 0. The molecule has 2 aliphatic rings. The van der Waals surface area contributed by atoms with Crippen LogP contribution in [0.4, 0.5) is 30.2 Å². The van der Waals surface area contributed by atoms with Crippen LogP contribution in [-0.2, 0) is 15.9 Å². The lowest BCUT2D eigenvalue weighted by molar-refractivity contribution is -0.385. The molecule has 1 fully saturated rings. The van der Waals surface area contributed by atoms with E-state index in [1.54, 1.807) is 16.7 Å². The highest BCUT2D eigenvalue weighted by molar-refractivity contribution is 9.09. The largest absolute Gasteiger partial charge is 0.418 e. The van der Waals surface area contributed by atoms with Gasteiger partial charge in [0.1, 0.15) is 4.99 Å². The molecule has 0 spiro atoms. The number of halogens is 5. The van der Waals surface area contributed by atoms with Crippen LogP contribution < -0.4 is 9.80 Å². The summed E-state index contributed by atoms with van der Waals surface area (Å²) < 4.78 is 58.5. The number of anilines is 2. The molecule has 0 aliphatic carbocycles. The zero-order valence-corrected chi connectivity index (χ0v) is 21.7. The van der Waals surface area contributed by atoms with Crippen LogP contribution in [0.15, 0.2) is 41.6 Å². The van der Waals surface area contributed by atoms with Crippen molar-refractivity contribution in [2.24, 2.45) is 0 Å². The number of non-ortho nitro benzene ring substituents is 1. The summed E-state index contributed by atoms with van der Waals surface area (Å²) in [5.74, 6) is 0. The first-order chi connectivity index (χ1) is 16.1. The van der Waals surface area contributed by atoms with Gasteiger partial charge in [0.25, 0.3) is 5.69 Å². The molecule has 8 nitrogen and oxygen atoms in total. The maximum absolute atomic E-state index is 14.7. The number of nitro benzene ring substituents is 1. The van der Waals surface area contributed by atoms with E-state index < -0.39 is 32.1 Å². The van der Waals surface area contributed by atoms with Crippen molar-refractivity contribution in [2.75, 3.05) is 53.2 Å². The second-order valence-corrected chi connectivity index (χ2v) is 11.4. The first kappa shape index (κ1) is 25.2. The summed E-state index contributed by atoms with van der Waals surface area (Å²) in [7, 11) is -3.36. The second kappa shape index (κ2) is 9.63. The number of alkyl halides is 5. The molecule has 14 heteroatoms. The van der Waals surface area contributed by atoms with Gasteiger partial charge in [-0.25, -0.2) is 8.51 Å². The fourth-order valence-corrected chi connectivity index (χ4v) is 8.81. The Morgan fingerprint density at radius 3 is 2.29 bits per heavy atom. The van der Waals surface area contributed by atoms with Crippen LogP contribution in [0.3, 0.4) is 0 Å². The molecule has 2 aromatic rings. The lowest BCUT2D eigenvalue weighted by atomic mass is 10.1. The number of rotatable bonds is 6. The lowest BCUT2D eigenvalue weighted by Gasteiger charge is -2.37. The lowest BCUT2D eigenvalue weighted by Crippen LogP contribution is -2.50. The molecule has 1 aromatic carbocycles. The number of pyridine rings is 1. The smallest absolute Gasteiger partial charge is 0.369 e. The minimum Gasteiger partial charge on any atom is -0.369 e. The topological polar surface area (TPSA) is 82.8 Å². The van der Waals surface area contributed by atoms with Crippen molar-refractivity contribution in [3.63, 3.8) is 0 Å². The average molecular weight is 627 g/mol. The minimum absolute atomic E-state index is 0.0587. The van der Waals surface area contributed by atoms with Gasteiger partial charge in [0.05, 0.1) is 36.1 Å². The Morgan fingerprint density at radius 1 is 1.12 bits per heavy atom. The second-order valence-electron chi connectivity index (χ2n) is 7.61. The molecule has 0 N–H and O–H groups in total. The van der Waals surface area contributed by atoms with E-state index in [0.717, 1.165) is 11.8 Å². The van der Waals surface area contributed by atoms with Crippen molar-refractivity contribution in [3.8, 4) is 0 Å². The molecule has 1 unspecified atom stereocenters. The first-order valence-electron chi connectivity index (χ1n) is 10.2. The van der Waals surface area contributed by atoms with Gasteiger partial charge < -0.3 is 9.80 Å². The minimum atomic E-state index is -4.86. The summed E-state index contributed by atoms with van der Waals surface area (Å²) in [6, 6.07) is 5.28. The number of piperazine rings is 1. The molecule has 4 rings (SSSR count). The van der Waals surface area contributed by atoms with E-state index in [4.69, 9.17) is 0 Å². The Bertz CT molecular complexity index is 1210. The molecule has 34 heavy (non-hydrogen) atoms. The van der Waals surface area contributed by atoms with E-state index in [9.17, 15) is 27.5 Å². The zero-order valence-electron chi connectivity index (χ0n) is 17.7. The van der Waals surface area contributed by atoms with Crippen molar-refractivity contribution < 1.29 is 22.3 Å². The highest BCUT2D eigenvalue weighted by atomic mass is 79.9. The Hall–Kier alpha value is -1.90. The molecule has 1 atom stereocenters. The number of benzene rings is 1. The fraction of sp³-hybridized carbons (Fsp3) is 0.400. The van der Waals surface area contributed by atoms with Crippen molar-refractivity contribution in [1.29, 1.82) is 0 Å². The Morgan fingerprint density at radius 2 is 1.76 bits per heavy atom. The zero-order chi connectivity index (χ0) is 24.7. The molecule has 0 amide bonds. The summed E-state index contributed by atoms with van der Waals surface area (Å²) in [5, 5.41) is 11.9. The SMILES string of the molecule is O=[N+]([O-])c1cc(C(F)(F)F)c2c(c1)S(=O)(N1CCN(c3ccncc3)CC1)=C(CBr)N2CCBr. The molecule has 3 heterocycles. The Kier molecular flexibility index (Phi) is 7.14. The quantitative estimate of drug-likeness (QED) is 0.208. The van der Waals surface area contributed by atoms with Crippen molar-refractivity contribution >= 4 is 63.6 Å². The van der Waals surface area contributed by atoms with Gasteiger partial charge in [-0.1, -0.05) is 31.9 Å². The average Bonchev–Trinajstić information content (AvgIpc) is 3.07. The molecule has 0 radical (unpaired) electrons. The maximum atomic E-state index is 14.7. The summed E-state index contributed by atoms with van der Waals surface area (Å²) in [6.45, 7) is 1.73. The van der Waals surface area contributed by atoms with E-state index in [2.05, 4.69) is 41.7 Å². The van der Waals surface area contributed by atoms with E-state index in [1.807, 2.05) is 12.1 Å². The van der Waals surface area contributed by atoms with E-state index >= 15 is 0 Å². The third-order valence-electron chi connectivity index (χ3n) is 5.82. The molecular formula is C20H20Br2F3N5O3S. The molecule has 0 bridgehead atoms. The predicted molar refractivity (Wildman–Crippen MR) is 132 cm³/mol. The highest BCUT2D eigenvalue weighted by Crippen LogP contribution is 2.47. The van der Waals surface area contributed by atoms with Gasteiger partial charge in [0.15, 0.2) is 0 Å². The molecule has 1 saturated heterocycles. The Labute approximate surface area is 211 Å². The van der Waals surface area contributed by atoms with Gasteiger partial charge in [0.2, 0.25) is 0 Å². The van der Waals surface area contributed by atoms with Gasteiger partial charge >= 0.3 is 6.18 Å². The molecule has 1 aromatic heterocycles. The molecule has 0 saturated carbocycles. The summed E-state index contributed by atoms with van der Waals surface area (Å²) in [5.41, 5.74) is -1.22. The van der Waals surface area contributed by atoms with Gasteiger partial charge in [-0.2, -0.15) is 13.2 Å². The number of nitrogens with zero attached hydrogens (tertiary/aromatic N) is 5.